The molecule has 9 heteroatoms. The maximum absolute atomic E-state index is 13.1. The van der Waals surface area contributed by atoms with E-state index >= 15 is 0 Å². The maximum Gasteiger partial charge on any atom is 0.410 e. The average Bonchev–Trinajstić information content (AvgIpc) is 3.53. The van der Waals surface area contributed by atoms with E-state index in [1.165, 1.54) is 5.06 Å². The van der Waals surface area contributed by atoms with Crippen LogP contribution in [0.2, 0.25) is 0 Å². The van der Waals surface area contributed by atoms with E-state index in [0.717, 1.165) is 36.3 Å². The van der Waals surface area contributed by atoms with Gasteiger partial charge in [0.15, 0.2) is 0 Å². The van der Waals surface area contributed by atoms with Crippen LogP contribution in [0.4, 0.5) is 9.59 Å². The number of urea groups is 1. The molecule has 9 nitrogen and oxygen atoms in total. The summed E-state index contributed by atoms with van der Waals surface area (Å²) in [5.41, 5.74) is 1.33. The zero-order chi connectivity index (χ0) is 24.6. The van der Waals surface area contributed by atoms with Crippen molar-refractivity contribution in [1.29, 1.82) is 0 Å². The molecule has 3 fully saturated rings. The summed E-state index contributed by atoms with van der Waals surface area (Å²) < 4.78 is 11.2. The van der Waals surface area contributed by atoms with Gasteiger partial charge in [-0.1, -0.05) is 35.5 Å². The first-order valence-corrected chi connectivity index (χ1v) is 12.5. The van der Waals surface area contributed by atoms with Crippen LogP contribution < -0.4 is 0 Å². The SMILES string of the molecule is CC(C)(C)OC(=O)N1CCC(Cc2cc([C@@H]3CC[C@@H]4CN3C(=O)N4OCc3ccccc3)no2)C1. The van der Waals surface area contributed by atoms with Crippen LogP contribution in [0.3, 0.4) is 0 Å². The number of piperidine rings is 1. The molecule has 3 aliphatic heterocycles. The van der Waals surface area contributed by atoms with E-state index in [4.69, 9.17) is 14.1 Å². The van der Waals surface area contributed by atoms with Gasteiger partial charge in [0.25, 0.3) is 0 Å². The van der Waals surface area contributed by atoms with Gasteiger partial charge in [0.05, 0.1) is 12.1 Å². The minimum Gasteiger partial charge on any atom is -0.444 e. The van der Waals surface area contributed by atoms with Crippen molar-refractivity contribution in [3.05, 3.63) is 53.4 Å². The van der Waals surface area contributed by atoms with Crippen LogP contribution in [0, 0.1) is 5.92 Å². The zero-order valence-corrected chi connectivity index (χ0v) is 20.7. The number of nitrogens with zero attached hydrogens (tertiary/aromatic N) is 4. The van der Waals surface area contributed by atoms with E-state index < -0.39 is 5.60 Å². The minimum atomic E-state index is -0.497. The number of hydrogen-bond acceptors (Lipinski definition) is 6. The first kappa shape index (κ1) is 23.7. The molecule has 4 heterocycles. The average molecular weight is 483 g/mol. The minimum absolute atomic E-state index is 0.0613. The summed E-state index contributed by atoms with van der Waals surface area (Å²) in [4.78, 5) is 35.0. The van der Waals surface area contributed by atoms with Crippen LogP contribution >= 0.6 is 0 Å². The summed E-state index contributed by atoms with van der Waals surface area (Å²) in [5, 5.41) is 5.86. The summed E-state index contributed by atoms with van der Waals surface area (Å²) in [6.45, 7) is 7.97. The fraction of sp³-hybridized carbons (Fsp3) is 0.577. The third-order valence-corrected chi connectivity index (χ3v) is 6.88. The number of ether oxygens (including phenoxy) is 1. The number of likely N-dealkylation sites (tertiary alicyclic amines) is 1. The van der Waals surface area contributed by atoms with Gasteiger partial charge in [-0.2, -0.15) is 5.06 Å². The fourth-order valence-corrected chi connectivity index (χ4v) is 5.18. The monoisotopic (exact) mass is 482 g/mol. The molecule has 1 unspecified atom stereocenters. The van der Waals surface area contributed by atoms with E-state index in [2.05, 4.69) is 5.16 Å². The molecule has 3 saturated heterocycles. The number of amides is 3. The molecule has 0 radical (unpaired) electrons. The lowest BCUT2D eigenvalue weighted by Gasteiger charge is -2.28. The Morgan fingerprint density at radius 2 is 1.94 bits per heavy atom. The highest BCUT2D eigenvalue weighted by molar-refractivity contribution is 5.77. The molecule has 0 aliphatic carbocycles. The molecule has 0 N–H and O–H groups in total. The number of carbonyl (C=O) groups is 2. The van der Waals surface area contributed by atoms with Gasteiger partial charge < -0.3 is 19.1 Å². The molecule has 1 aromatic heterocycles. The first-order chi connectivity index (χ1) is 16.8. The topological polar surface area (TPSA) is 88.4 Å². The smallest absolute Gasteiger partial charge is 0.410 e. The Morgan fingerprint density at radius 1 is 1.14 bits per heavy atom. The van der Waals surface area contributed by atoms with Crippen molar-refractivity contribution >= 4 is 12.1 Å². The normalized spacial score (nSPS) is 24.4. The lowest BCUT2D eigenvalue weighted by Crippen LogP contribution is -2.35. The molecule has 3 aliphatic rings. The van der Waals surface area contributed by atoms with E-state index in [1.807, 2.05) is 62.1 Å². The van der Waals surface area contributed by atoms with Gasteiger partial charge in [-0.25, -0.2) is 9.59 Å². The van der Waals surface area contributed by atoms with E-state index in [1.54, 1.807) is 4.90 Å². The van der Waals surface area contributed by atoms with Crippen molar-refractivity contribution in [3.8, 4) is 0 Å². The highest BCUT2D eigenvalue weighted by Gasteiger charge is 2.47. The van der Waals surface area contributed by atoms with Crippen LogP contribution in [0.5, 0.6) is 0 Å². The summed E-state index contributed by atoms with van der Waals surface area (Å²) in [7, 11) is 0. The van der Waals surface area contributed by atoms with Gasteiger partial charge in [-0.15, -0.1) is 0 Å². The molecule has 188 valence electrons. The second-order valence-corrected chi connectivity index (χ2v) is 10.8. The van der Waals surface area contributed by atoms with Gasteiger partial charge >= 0.3 is 12.1 Å². The van der Waals surface area contributed by atoms with Gasteiger partial charge in [0, 0.05) is 32.1 Å². The standard InChI is InChI=1S/C26H34N4O5/c1-26(2,3)34-25(32)28-12-11-19(15-28)13-21-14-22(27-35-21)23-10-9-20-16-29(23)24(31)30(20)33-17-18-7-5-4-6-8-18/h4-8,14,19-20,23H,9-13,15-17H2,1-3H3/t19?,20-,23+/m1/s1. The largest absolute Gasteiger partial charge is 0.444 e. The third-order valence-electron chi connectivity index (χ3n) is 6.88. The molecular weight excluding hydrogens is 448 g/mol. The van der Waals surface area contributed by atoms with Gasteiger partial charge in [-0.3, -0.25) is 4.84 Å². The Hall–Kier alpha value is -3.07. The highest BCUT2D eigenvalue weighted by Crippen LogP contribution is 2.38. The quantitative estimate of drug-likeness (QED) is 0.600. The zero-order valence-electron chi connectivity index (χ0n) is 20.7. The van der Waals surface area contributed by atoms with Crippen molar-refractivity contribution in [2.45, 2.75) is 70.7 Å². The fourth-order valence-electron chi connectivity index (χ4n) is 5.18. The maximum atomic E-state index is 13.1. The number of hydroxylamine groups is 2. The number of rotatable bonds is 6. The van der Waals surface area contributed by atoms with Gasteiger partial charge in [0.1, 0.15) is 23.7 Å². The summed E-state index contributed by atoms with van der Waals surface area (Å²) >= 11 is 0. The Balaban J connectivity index is 1.16. The number of aromatic nitrogens is 1. The lowest BCUT2D eigenvalue weighted by atomic mass is 9.97. The molecule has 35 heavy (non-hydrogen) atoms. The molecule has 2 aromatic rings. The molecule has 3 atom stereocenters. The predicted molar refractivity (Wildman–Crippen MR) is 127 cm³/mol. The first-order valence-electron chi connectivity index (χ1n) is 12.5. The van der Waals surface area contributed by atoms with Crippen molar-refractivity contribution in [2.24, 2.45) is 5.92 Å². The molecule has 2 bridgehead atoms. The van der Waals surface area contributed by atoms with Crippen LogP contribution in [0.1, 0.15) is 63.1 Å². The highest BCUT2D eigenvalue weighted by atomic mass is 16.7. The summed E-state index contributed by atoms with van der Waals surface area (Å²) in [6, 6.07) is 11.7. The van der Waals surface area contributed by atoms with Gasteiger partial charge in [0.2, 0.25) is 0 Å². The summed E-state index contributed by atoms with van der Waals surface area (Å²) in [5.74, 6) is 1.09. The number of hydrogen-bond donors (Lipinski definition) is 0. The molecule has 0 saturated carbocycles. The van der Waals surface area contributed by atoms with Crippen molar-refractivity contribution in [3.63, 3.8) is 0 Å². The number of benzene rings is 1. The van der Waals surface area contributed by atoms with E-state index in [0.29, 0.717) is 38.6 Å². The third kappa shape index (κ3) is 5.29. The molecule has 1 aromatic carbocycles. The predicted octanol–water partition coefficient (Wildman–Crippen LogP) is 4.55. The second kappa shape index (κ2) is 9.53. The van der Waals surface area contributed by atoms with Crippen LogP contribution in [-0.2, 0) is 22.6 Å². The Morgan fingerprint density at radius 3 is 2.71 bits per heavy atom. The molecule has 0 spiro atoms. The Labute approximate surface area is 205 Å². The van der Waals surface area contributed by atoms with E-state index in [-0.39, 0.29) is 24.2 Å². The number of carbonyl (C=O) groups excluding carboxylic acids is 2. The number of fused-ring (bicyclic) bond motifs is 2. The van der Waals surface area contributed by atoms with Crippen LogP contribution in [-0.4, -0.2) is 63.4 Å². The van der Waals surface area contributed by atoms with Crippen molar-refractivity contribution in [1.82, 2.24) is 20.0 Å². The lowest BCUT2D eigenvalue weighted by molar-refractivity contribution is -0.140. The Kier molecular flexibility index (Phi) is 6.44. The van der Waals surface area contributed by atoms with Crippen LogP contribution in [0.15, 0.2) is 40.9 Å². The summed E-state index contributed by atoms with van der Waals surface area (Å²) in [6.07, 6.45) is 3.03. The molecule has 5 rings (SSSR count). The van der Waals surface area contributed by atoms with E-state index in [9.17, 15) is 9.59 Å². The van der Waals surface area contributed by atoms with Crippen LogP contribution in [0.25, 0.3) is 0 Å². The molecular formula is C26H34N4O5. The Bertz CT molecular complexity index is 1050. The van der Waals surface area contributed by atoms with Crippen molar-refractivity contribution < 1.29 is 23.7 Å². The molecule has 3 amide bonds. The van der Waals surface area contributed by atoms with Gasteiger partial charge in [-0.05, 0) is 51.5 Å². The van der Waals surface area contributed by atoms with Crippen molar-refractivity contribution in [2.75, 3.05) is 19.6 Å². The second-order valence-electron chi connectivity index (χ2n) is 10.8.